The number of rotatable bonds is 9. The van der Waals surface area contributed by atoms with Crippen molar-refractivity contribution < 1.29 is 18.7 Å². The number of nitrogens with zero attached hydrogens (tertiary/aromatic N) is 1. The molecule has 2 aromatic rings. The van der Waals surface area contributed by atoms with Crippen molar-refractivity contribution in [1.82, 2.24) is 10.2 Å². The molecule has 178 valence electrons. The van der Waals surface area contributed by atoms with E-state index >= 15 is 0 Å². The maximum absolute atomic E-state index is 13.7. The molecule has 0 aromatic heterocycles. The van der Waals surface area contributed by atoms with E-state index in [1.165, 1.54) is 11.6 Å². The van der Waals surface area contributed by atoms with Crippen LogP contribution in [-0.4, -0.2) is 36.4 Å². The largest absolute Gasteiger partial charge is 0.493 e. The van der Waals surface area contributed by atoms with Gasteiger partial charge in [-0.1, -0.05) is 24.3 Å². The minimum Gasteiger partial charge on any atom is -0.493 e. The number of aryl methyl sites for hydroxylation is 3. The van der Waals surface area contributed by atoms with Crippen LogP contribution in [0.25, 0.3) is 0 Å². The molecule has 0 bridgehead atoms. The summed E-state index contributed by atoms with van der Waals surface area (Å²) in [5, 5.41) is 2.91. The molecular formula is C27H35FN2O3. The lowest BCUT2D eigenvalue weighted by Crippen LogP contribution is -2.42. The van der Waals surface area contributed by atoms with Gasteiger partial charge in [-0.2, -0.15) is 0 Å². The minimum atomic E-state index is -0.259. The first-order valence-corrected chi connectivity index (χ1v) is 11.8. The molecule has 2 amide bonds. The van der Waals surface area contributed by atoms with Crippen molar-refractivity contribution in [2.45, 2.75) is 59.4 Å². The van der Waals surface area contributed by atoms with E-state index in [0.29, 0.717) is 51.1 Å². The molecule has 1 aliphatic heterocycles. The molecule has 1 N–H and O–H groups in total. The van der Waals surface area contributed by atoms with Gasteiger partial charge in [-0.25, -0.2) is 4.39 Å². The molecule has 0 saturated carbocycles. The normalized spacial score (nSPS) is 14.2. The number of likely N-dealkylation sites (tertiary alicyclic amines) is 1. The summed E-state index contributed by atoms with van der Waals surface area (Å²) in [4.78, 5) is 26.9. The number of carbonyl (C=O) groups excluding carboxylic acids is 2. The fourth-order valence-electron chi connectivity index (χ4n) is 4.05. The zero-order chi connectivity index (χ0) is 23.8. The Morgan fingerprint density at radius 1 is 1.03 bits per heavy atom. The van der Waals surface area contributed by atoms with Crippen LogP contribution in [0.2, 0.25) is 0 Å². The third kappa shape index (κ3) is 7.31. The van der Waals surface area contributed by atoms with Gasteiger partial charge in [0.1, 0.15) is 11.6 Å². The first-order chi connectivity index (χ1) is 15.8. The summed E-state index contributed by atoms with van der Waals surface area (Å²) < 4.78 is 19.5. The van der Waals surface area contributed by atoms with Gasteiger partial charge in [0.2, 0.25) is 11.8 Å². The summed E-state index contributed by atoms with van der Waals surface area (Å²) in [6.07, 6.45) is 3.45. The molecule has 1 heterocycles. The van der Waals surface area contributed by atoms with Crippen LogP contribution in [0, 0.1) is 32.5 Å². The molecule has 2 aromatic carbocycles. The summed E-state index contributed by atoms with van der Waals surface area (Å²) in [6, 6.07) is 11.2. The third-order valence-electron chi connectivity index (χ3n) is 6.31. The Kier molecular flexibility index (Phi) is 8.87. The average Bonchev–Trinajstić information content (AvgIpc) is 2.81. The van der Waals surface area contributed by atoms with Gasteiger partial charge < -0.3 is 15.0 Å². The Balaban J connectivity index is 1.31. The quantitative estimate of drug-likeness (QED) is 0.551. The second-order valence-electron chi connectivity index (χ2n) is 9.03. The molecule has 33 heavy (non-hydrogen) atoms. The van der Waals surface area contributed by atoms with Crippen LogP contribution in [0.4, 0.5) is 4.39 Å². The molecular weight excluding hydrogens is 419 g/mol. The van der Waals surface area contributed by atoms with Crippen LogP contribution in [-0.2, 0) is 16.1 Å². The highest BCUT2D eigenvalue weighted by Gasteiger charge is 2.26. The van der Waals surface area contributed by atoms with E-state index in [9.17, 15) is 14.0 Å². The lowest BCUT2D eigenvalue weighted by atomic mass is 9.95. The van der Waals surface area contributed by atoms with Crippen molar-refractivity contribution in [2.24, 2.45) is 5.92 Å². The zero-order valence-corrected chi connectivity index (χ0v) is 20.0. The molecule has 0 spiro atoms. The monoisotopic (exact) mass is 454 g/mol. The fraction of sp³-hybridized carbons (Fsp3) is 0.481. The molecule has 1 aliphatic rings. The Morgan fingerprint density at radius 2 is 1.76 bits per heavy atom. The van der Waals surface area contributed by atoms with Gasteiger partial charge in [0, 0.05) is 32.0 Å². The Hall–Kier alpha value is -2.89. The number of amides is 2. The number of unbranched alkanes of at least 4 members (excludes halogenated alkanes) is 1. The van der Waals surface area contributed by atoms with E-state index in [1.54, 1.807) is 13.0 Å². The predicted molar refractivity (Wildman–Crippen MR) is 128 cm³/mol. The van der Waals surface area contributed by atoms with Gasteiger partial charge in [-0.3, -0.25) is 9.59 Å². The van der Waals surface area contributed by atoms with Crippen molar-refractivity contribution in [3.8, 4) is 5.75 Å². The topological polar surface area (TPSA) is 58.6 Å². The van der Waals surface area contributed by atoms with Crippen LogP contribution in [0.15, 0.2) is 36.4 Å². The number of nitrogens with one attached hydrogen (secondary N) is 1. The summed E-state index contributed by atoms with van der Waals surface area (Å²) in [5.74, 6) is 0.678. The van der Waals surface area contributed by atoms with Crippen molar-refractivity contribution in [2.75, 3.05) is 19.7 Å². The second kappa shape index (κ2) is 11.8. The number of carbonyl (C=O) groups is 2. The van der Waals surface area contributed by atoms with E-state index < -0.39 is 0 Å². The fourth-order valence-corrected chi connectivity index (χ4v) is 4.05. The van der Waals surface area contributed by atoms with Gasteiger partial charge in [0.25, 0.3) is 0 Å². The molecule has 0 aliphatic carbocycles. The predicted octanol–water partition coefficient (Wildman–Crippen LogP) is 4.86. The van der Waals surface area contributed by atoms with E-state index in [-0.39, 0.29) is 23.5 Å². The number of piperidine rings is 1. The highest BCUT2D eigenvalue weighted by Crippen LogP contribution is 2.21. The SMILES string of the molecule is Cc1ccc(C)c(OCCCCC(=O)N2CCC(C(=O)NCc3ccc(C)c(F)c3)CC2)c1. The third-order valence-corrected chi connectivity index (χ3v) is 6.31. The molecule has 1 fully saturated rings. The Labute approximate surface area is 196 Å². The average molecular weight is 455 g/mol. The molecule has 0 unspecified atom stereocenters. The second-order valence-corrected chi connectivity index (χ2v) is 9.03. The summed E-state index contributed by atoms with van der Waals surface area (Å²) in [7, 11) is 0. The van der Waals surface area contributed by atoms with Crippen molar-refractivity contribution in [1.29, 1.82) is 0 Å². The summed E-state index contributed by atoms with van der Waals surface area (Å²) >= 11 is 0. The number of ether oxygens (including phenoxy) is 1. The van der Waals surface area contributed by atoms with Gasteiger partial charge >= 0.3 is 0 Å². The lowest BCUT2D eigenvalue weighted by Gasteiger charge is -2.31. The number of halogens is 1. The maximum Gasteiger partial charge on any atom is 0.223 e. The molecule has 0 atom stereocenters. The molecule has 5 nitrogen and oxygen atoms in total. The zero-order valence-electron chi connectivity index (χ0n) is 20.0. The van der Waals surface area contributed by atoms with E-state index in [0.717, 1.165) is 29.7 Å². The number of benzene rings is 2. The van der Waals surface area contributed by atoms with E-state index in [4.69, 9.17) is 4.74 Å². The number of hydrogen-bond donors (Lipinski definition) is 1. The summed E-state index contributed by atoms with van der Waals surface area (Å²) in [5.41, 5.74) is 3.64. The molecule has 3 rings (SSSR count). The minimum absolute atomic E-state index is 0.0216. The van der Waals surface area contributed by atoms with Crippen molar-refractivity contribution in [3.05, 3.63) is 64.5 Å². The molecule has 1 saturated heterocycles. The maximum atomic E-state index is 13.7. The van der Waals surface area contributed by atoms with Gasteiger partial charge in [-0.15, -0.1) is 0 Å². The first kappa shape index (κ1) is 24.7. The lowest BCUT2D eigenvalue weighted by molar-refractivity contribution is -0.135. The Morgan fingerprint density at radius 3 is 2.48 bits per heavy atom. The summed E-state index contributed by atoms with van der Waals surface area (Å²) in [6.45, 7) is 7.93. The Bertz CT molecular complexity index is 968. The highest BCUT2D eigenvalue weighted by atomic mass is 19.1. The van der Waals surface area contributed by atoms with Crippen LogP contribution in [0.3, 0.4) is 0 Å². The molecule has 0 radical (unpaired) electrons. The standard InChI is InChI=1S/C27H35FN2O3/c1-19-7-8-21(3)25(16-19)33-15-5-4-6-26(31)30-13-11-23(12-14-30)27(32)29-18-22-10-9-20(2)24(28)17-22/h7-10,16-17,23H,4-6,11-15,18H2,1-3H3,(H,29,32). The van der Waals surface area contributed by atoms with Crippen LogP contribution < -0.4 is 10.1 Å². The van der Waals surface area contributed by atoms with Gasteiger partial charge in [-0.05, 0) is 80.8 Å². The number of hydrogen-bond acceptors (Lipinski definition) is 3. The van der Waals surface area contributed by atoms with E-state index in [2.05, 4.69) is 17.4 Å². The van der Waals surface area contributed by atoms with Crippen LogP contribution >= 0.6 is 0 Å². The highest BCUT2D eigenvalue weighted by molar-refractivity contribution is 5.80. The smallest absolute Gasteiger partial charge is 0.223 e. The molecule has 6 heteroatoms. The van der Waals surface area contributed by atoms with Gasteiger partial charge in [0.15, 0.2) is 0 Å². The van der Waals surface area contributed by atoms with Crippen molar-refractivity contribution in [3.63, 3.8) is 0 Å². The first-order valence-electron chi connectivity index (χ1n) is 11.8. The van der Waals surface area contributed by atoms with E-state index in [1.807, 2.05) is 30.9 Å². The van der Waals surface area contributed by atoms with Crippen LogP contribution in [0.5, 0.6) is 5.75 Å². The van der Waals surface area contributed by atoms with Crippen LogP contribution in [0.1, 0.15) is 54.4 Å². The van der Waals surface area contributed by atoms with Crippen molar-refractivity contribution >= 4 is 11.8 Å². The van der Waals surface area contributed by atoms with Gasteiger partial charge in [0.05, 0.1) is 6.61 Å².